The minimum atomic E-state index is -0.494. The fourth-order valence-electron chi connectivity index (χ4n) is 3.96. The lowest BCUT2D eigenvalue weighted by atomic mass is 9.76. The van der Waals surface area contributed by atoms with Gasteiger partial charge in [-0.25, -0.2) is 4.79 Å². The summed E-state index contributed by atoms with van der Waals surface area (Å²) in [6.45, 7) is 6.33. The molecule has 0 bridgehead atoms. The number of hydrogen-bond acceptors (Lipinski definition) is 4. The zero-order valence-electron chi connectivity index (χ0n) is 14.4. The third-order valence-electron chi connectivity index (χ3n) is 5.07. The van der Waals surface area contributed by atoms with Crippen LogP contribution in [0.15, 0.2) is 0 Å². The summed E-state index contributed by atoms with van der Waals surface area (Å²) >= 11 is 0. The first kappa shape index (κ1) is 17.5. The molecule has 22 heavy (non-hydrogen) atoms. The summed E-state index contributed by atoms with van der Waals surface area (Å²) in [5.41, 5.74) is -0.494. The number of methoxy groups -OCH3 is 1. The van der Waals surface area contributed by atoms with Crippen LogP contribution in [0.25, 0.3) is 0 Å². The van der Waals surface area contributed by atoms with Crippen molar-refractivity contribution >= 4 is 6.09 Å². The molecule has 128 valence electrons. The molecule has 5 heteroatoms. The van der Waals surface area contributed by atoms with Crippen LogP contribution < -0.4 is 0 Å². The number of rotatable bonds is 3. The molecule has 2 rings (SSSR count). The van der Waals surface area contributed by atoms with Crippen molar-refractivity contribution < 1.29 is 19.4 Å². The van der Waals surface area contributed by atoms with Gasteiger partial charge in [0.2, 0.25) is 0 Å². The van der Waals surface area contributed by atoms with E-state index in [1.807, 2.05) is 20.8 Å². The van der Waals surface area contributed by atoms with E-state index in [0.717, 1.165) is 32.1 Å². The lowest BCUT2D eigenvalue weighted by Gasteiger charge is -2.35. The van der Waals surface area contributed by atoms with Gasteiger partial charge in [0, 0.05) is 13.7 Å². The van der Waals surface area contributed by atoms with E-state index in [1.165, 1.54) is 0 Å². The fourth-order valence-corrected chi connectivity index (χ4v) is 3.96. The Bertz CT molecular complexity index is 371. The molecule has 0 aromatic rings. The highest BCUT2D eigenvalue weighted by molar-refractivity contribution is 5.69. The second-order valence-corrected chi connectivity index (χ2v) is 7.65. The van der Waals surface area contributed by atoms with Crippen molar-refractivity contribution in [2.45, 2.75) is 70.6 Å². The zero-order valence-corrected chi connectivity index (χ0v) is 14.4. The van der Waals surface area contributed by atoms with E-state index in [-0.39, 0.29) is 18.7 Å². The highest BCUT2D eigenvalue weighted by Gasteiger charge is 2.42. The summed E-state index contributed by atoms with van der Waals surface area (Å²) in [5.74, 6) is 0.964. The maximum atomic E-state index is 12.3. The third kappa shape index (κ3) is 4.13. The highest BCUT2D eigenvalue weighted by atomic mass is 16.6. The monoisotopic (exact) mass is 313 g/mol. The molecule has 0 spiro atoms. The summed E-state index contributed by atoms with van der Waals surface area (Å²) in [5, 5.41) is 9.81. The van der Waals surface area contributed by atoms with Gasteiger partial charge < -0.3 is 19.5 Å². The molecule has 2 fully saturated rings. The largest absolute Gasteiger partial charge is 0.444 e. The highest BCUT2D eigenvalue weighted by Crippen LogP contribution is 2.39. The van der Waals surface area contributed by atoms with Crippen LogP contribution in [0.2, 0.25) is 0 Å². The van der Waals surface area contributed by atoms with Crippen LogP contribution in [0.4, 0.5) is 4.79 Å². The summed E-state index contributed by atoms with van der Waals surface area (Å²) in [4.78, 5) is 14.1. The van der Waals surface area contributed by atoms with Crippen molar-refractivity contribution in [3.05, 3.63) is 0 Å². The number of amides is 1. The molecule has 2 aliphatic rings. The average Bonchev–Trinajstić information content (AvgIpc) is 2.89. The first-order valence-corrected chi connectivity index (χ1v) is 8.49. The number of likely N-dealkylation sites (tertiary alicyclic amines) is 1. The number of carbonyl (C=O) groups excluding carboxylic acids is 1. The smallest absolute Gasteiger partial charge is 0.410 e. The molecule has 0 radical (unpaired) electrons. The minimum absolute atomic E-state index is 0.0219. The second-order valence-electron chi connectivity index (χ2n) is 7.65. The maximum absolute atomic E-state index is 12.3. The Kier molecular flexibility index (Phi) is 5.72. The second kappa shape index (κ2) is 7.18. The first-order valence-electron chi connectivity index (χ1n) is 8.49. The molecule has 0 aromatic carbocycles. The van der Waals surface area contributed by atoms with Gasteiger partial charge in [-0.15, -0.1) is 0 Å². The Morgan fingerprint density at radius 1 is 1.18 bits per heavy atom. The van der Waals surface area contributed by atoms with E-state index < -0.39 is 5.60 Å². The molecule has 1 N–H and O–H groups in total. The molecular formula is C17H31NO4. The number of carbonyl (C=O) groups is 1. The van der Waals surface area contributed by atoms with Crippen molar-refractivity contribution in [1.82, 2.24) is 4.90 Å². The van der Waals surface area contributed by atoms with E-state index in [1.54, 1.807) is 12.0 Å². The quantitative estimate of drug-likeness (QED) is 0.870. The molecule has 0 aromatic heterocycles. The summed E-state index contributed by atoms with van der Waals surface area (Å²) in [6.07, 6.45) is 5.48. The van der Waals surface area contributed by atoms with E-state index in [4.69, 9.17) is 9.47 Å². The fraction of sp³-hybridized carbons (Fsp3) is 0.941. The summed E-state index contributed by atoms with van der Waals surface area (Å²) in [6, 6.07) is -0.0982. The Morgan fingerprint density at radius 2 is 1.82 bits per heavy atom. The van der Waals surface area contributed by atoms with Crippen molar-refractivity contribution in [1.29, 1.82) is 0 Å². The van der Waals surface area contributed by atoms with Crippen LogP contribution >= 0.6 is 0 Å². The molecule has 0 unspecified atom stereocenters. The van der Waals surface area contributed by atoms with Gasteiger partial charge in [-0.2, -0.15) is 0 Å². The molecule has 1 aliphatic heterocycles. The first-order chi connectivity index (χ1) is 10.4. The Hall–Kier alpha value is -0.810. The van der Waals surface area contributed by atoms with Crippen LogP contribution in [0.5, 0.6) is 0 Å². The molecule has 1 heterocycles. The van der Waals surface area contributed by atoms with Crippen molar-refractivity contribution in [3.8, 4) is 0 Å². The predicted octanol–water partition coefficient (Wildman–Crippen LogP) is 2.81. The van der Waals surface area contributed by atoms with Crippen LogP contribution in [-0.4, -0.2) is 54.1 Å². The van der Waals surface area contributed by atoms with Gasteiger partial charge in [-0.3, -0.25) is 0 Å². The van der Waals surface area contributed by atoms with Crippen molar-refractivity contribution in [3.63, 3.8) is 0 Å². The van der Waals surface area contributed by atoms with Crippen LogP contribution in [0.1, 0.15) is 52.9 Å². The summed E-state index contributed by atoms with van der Waals surface area (Å²) < 4.78 is 10.9. The van der Waals surface area contributed by atoms with E-state index in [0.29, 0.717) is 24.5 Å². The van der Waals surface area contributed by atoms with E-state index >= 15 is 0 Å². The van der Waals surface area contributed by atoms with Crippen LogP contribution in [0.3, 0.4) is 0 Å². The number of aliphatic hydroxyl groups excluding tert-OH is 1. The molecular weight excluding hydrogens is 282 g/mol. The van der Waals surface area contributed by atoms with Gasteiger partial charge in [0.05, 0.1) is 18.8 Å². The zero-order chi connectivity index (χ0) is 16.3. The molecule has 5 nitrogen and oxygen atoms in total. The standard InChI is InChI=1S/C17H31NO4/c1-17(2,3)22-16(20)18-10-9-14(15(18)11-19)12-5-7-13(21-4)8-6-12/h12-15,19H,5-11H2,1-4H3/t12-,13-,14-,15+/m0/s1. The minimum Gasteiger partial charge on any atom is -0.444 e. The van der Waals surface area contributed by atoms with E-state index in [2.05, 4.69) is 0 Å². The molecule has 1 saturated heterocycles. The normalized spacial score (nSPS) is 33.0. The van der Waals surface area contributed by atoms with Gasteiger partial charge in [0.15, 0.2) is 0 Å². The average molecular weight is 313 g/mol. The lowest BCUT2D eigenvalue weighted by Crippen LogP contribution is -2.44. The van der Waals surface area contributed by atoms with Gasteiger partial charge >= 0.3 is 6.09 Å². The lowest BCUT2D eigenvalue weighted by molar-refractivity contribution is 0.00678. The predicted molar refractivity (Wildman–Crippen MR) is 84.7 cm³/mol. The SMILES string of the molecule is CO[C@H]1CC[C@H]([C@@H]2CCN(C(=O)OC(C)(C)C)[C@@H]2CO)CC1. The van der Waals surface area contributed by atoms with Gasteiger partial charge in [-0.05, 0) is 64.7 Å². The molecule has 1 saturated carbocycles. The maximum Gasteiger partial charge on any atom is 0.410 e. The Balaban J connectivity index is 1.96. The molecule has 1 amide bonds. The third-order valence-corrected chi connectivity index (χ3v) is 5.07. The molecule has 2 atom stereocenters. The number of hydrogen-bond donors (Lipinski definition) is 1. The van der Waals surface area contributed by atoms with Crippen molar-refractivity contribution in [2.75, 3.05) is 20.3 Å². The number of ether oxygens (including phenoxy) is 2. The number of nitrogens with zero attached hydrogens (tertiary/aromatic N) is 1. The Labute approximate surface area is 134 Å². The van der Waals surface area contributed by atoms with Gasteiger partial charge in [-0.1, -0.05) is 0 Å². The van der Waals surface area contributed by atoms with E-state index in [9.17, 15) is 9.90 Å². The van der Waals surface area contributed by atoms with Crippen LogP contribution in [-0.2, 0) is 9.47 Å². The Morgan fingerprint density at radius 3 is 2.32 bits per heavy atom. The topological polar surface area (TPSA) is 59.0 Å². The molecule has 1 aliphatic carbocycles. The van der Waals surface area contributed by atoms with Crippen LogP contribution in [0, 0.1) is 11.8 Å². The number of aliphatic hydroxyl groups is 1. The summed E-state index contributed by atoms with van der Waals surface area (Å²) in [7, 11) is 1.78. The van der Waals surface area contributed by atoms with Crippen molar-refractivity contribution in [2.24, 2.45) is 11.8 Å². The van der Waals surface area contributed by atoms with Gasteiger partial charge in [0.1, 0.15) is 5.60 Å². The van der Waals surface area contributed by atoms with Gasteiger partial charge in [0.25, 0.3) is 0 Å².